The van der Waals surface area contributed by atoms with Crippen LogP contribution in [0.4, 0.5) is 0 Å². The molecule has 0 aliphatic heterocycles. The van der Waals surface area contributed by atoms with Crippen LogP contribution in [-0.4, -0.2) is 30.1 Å². The topological polar surface area (TPSA) is 29.3 Å². The van der Waals surface area contributed by atoms with Crippen molar-refractivity contribution in [3.8, 4) is 0 Å². The Morgan fingerprint density at radius 2 is 1.61 bits per heavy atom. The lowest BCUT2D eigenvalue weighted by atomic mass is 9.70. The summed E-state index contributed by atoms with van der Waals surface area (Å²) < 4.78 is 0. The van der Waals surface area contributed by atoms with E-state index in [9.17, 15) is 0 Å². The van der Waals surface area contributed by atoms with Crippen molar-refractivity contribution >= 4 is 0 Å². The Balaban J connectivity index is 1.93. The molecule has 2 unspecified atom stereocenters. The first kappa shape index (κ1) is 14.3. The summed E-state index contributed by atoms with van der Waals surface area (Å²) in [6.07, 6.45) is 9.22. The van der Waals surface area contributed by atoms with Crippen molar-refractivity contribution in [1.82, 2.24) is 4.90 Å². The van der Waals surface area contributed by atoms with Gasteiger partial charge in [-0.15, -0.1) is 0 Å². The predicted octanol–water partition coefficient (Wildman–Crippen LogP) is 3.40. The van der Waals surface area contributed by atoms with Gasteiger partial charge in [-0.3, -0.25) is 0 Å². The summed E-state index contributed by atoms with van der Waals surface area (Å²) >= 11 is 0. The van der Waals surface area contributed by atoms with E-state index in [1.54, 1.807) is 0 Å². The molecule has 2 nitrogen and oxygen atoms in total. The highest BCUT2D eigenvalue weighted by molar-refractivity contribution is 4.90. The average Bonchev–Trinajstić information content (AvgIpc) is 2.26. The molecule has 0 aromatic carbocycles. The third-order valence-electron chi connectivity index (χ3n) is 5.26. The zero-order chi connectivity index (χ0) is 13.3. The van der Waals surface area contributed by atoms with Gasteiger partial charge in [0, 0.05) is 18.1 Å². The maximum absolute atomic E-state index is 6.02. The van der Waals surface area contributed by atoms with Gasteiger partial charge in [-0.05, 0) is 63.3 Å². The highest BCUT2D eigenvalue weighted by Gasteiger charge is 2.36. The molecule has 0 aromatic heterocycles. The van der Waals surface area contributed by atoms with Gasteiger partial charge in [-0.1, -0.05) is 20.8 Å². The van der Waals surface area contributed by atoms with Gasteiger partial charge >= 0.3 is 0 Å². The van der Waals surface area contributed by atoms with Crippen LogP contribution in [0.15, 0.2) is 0 Å². The quantitative estimate of drug-likeness (QED) is 0.816. The second kappa shape index (κ2) is 5.50. The second-order valence-corrected chi connectivity index (χ2v) is 7.80. The summed E-state index contributed by atoms with van der Waals surface area (Å²) in [6, 6.07) is 2.05. The highest BCUT2D eigenvalue weighted by Crippen LogP contribution is 2.41. The summed E-state index contributed by atoms with van der Waals surface area (Å²) in [7, 11) is 2.36. The lowest BCUT2D eigenvalue weighted by Crippen LogP contribution is -2.48. The zero-order valence-corrected chi connectivity index (χ0v) is 12.8. The number of hydrogen-bond acceptors (Lipinski definition) is 2. The molecule has 2 saturated carbocycles. The molecule has 2 aliphatic carbocycles. The van der Waals surface area contributed by atoms with Crippen molar-refractivity contribution < 1.29 is 0 Å². The van der Waals surface area contributed by atoms with Gasteiger partial charge in [-0.2, -0.15) is 0 Å². The third kappa shape index (κ3) is 3.48. The molecule has 0 bridgehead atoms. The van der Waals surface area contributed by atoms with Crippen molar-refractivity contribution in [3.05, 3.63) is 0 Å². The van der Waals surface area contributed by atoms with Crippen LogP contribution in [0, 0.1) is 11.3 Å². The van der Waals surface area contributed by atoms with E-state index in [0.29, 0.717) is 11.5 Å². The normalized spacial score (nSPS) is 41.0. The van der Waals surface area contributed by atoms with Gasteiger partial charge in [0.15, 0.2) is 0 Å². The number of nitrogens with zero attached hydrogens (tertiary/aromatic N) is 1. The monoisotopic (exact) mass is 252 g/mol. The molecule has 2 aliphatic rings. The first-order chi connectivity index (χ1) is 8.37. The largest absolute Gasteiger partial charge is 0.328 e. The first-order valence-corrected chi connectivity index (χ1v) is 7.85. The van der Waals surface area contributed by atoms with Gasteiger partial charge in [-0.25, -0.2) is 0 Å². The Morgan fingerprint density at radius 3 is 2.17 bits per heavy atom. The van der Waals surface area contributed by atoms with Gasteiger partial charge in [0.1, 0.15) is 0 Å². The fourth-order valence-electron chi connectivity index (χ4n) is 4.41. The summed E-state index contributed by atoms with van der Waals surface area (Å²) in [5, 5.41) is 0. The van der Waals surface area contributed by atoms with Crippen LogP contribution >= 0.6 is 0 Å². The minimum absolute atomic E-state index is 0.469. The molecule has 0 heterocycles. The molecular formula is C16H32N2. The van der Waals surface area contributed by atoms with Crippen molar-refractivity contribution in [2.75, 3.05) is 7.05 Å². The Kier molecular flexibility index (Phi) is 4.38. The van der Waals surface area contributed by atoms with E-state index in [1.807, 2.05) is 0 Å². The fraction of sp³-hybridized carbons (Fsp3) is 1.00. The number of nitrogens with two attached hydrogens (primary N) is 1. The minimum Gasteiger partial charge on any atom is -0.328 e. The molecule has 2 N–H and O–H groups in total. The summed E-state index contributed by atoms with van der Waals surface area (Å²) in [4.78, 5) is 2.70. The Bertz CT molecular complexity index is 266. The molecular weight excluding hydrogens is 220 g/mol. The van der Waals surface area contributed by atoms with E-state index in [0.717, 1.165) is 18.0 Å². The average molecular weight is 252 g/mol. The van der Waals surface area contributed by atoms with Crippen molar-refractivity contribution in [1.29, 1.82) is 0 Å². The molecule has 2 fully saturated rings. The number of hydrogen-bond donors (Lipinski definition) is 1. The highest BCUT2D eigenvalue weighted by atomic mass is 15.2. The van der Waals surface area contributed by atoms with Crippen LogP contribution in [-0.2, 0) is 0 Å². The summed E-state index contributed by atoms with van der Waals surface area (Å²) in [5.74, 6) is 0.882. The van der Waals surface area contributed by atoms with E-state index in [4.69, 9.17) is 5.73 Å². The van der Waals surface area contributed by atoms with Crippen LogP contribution < -0.4 is 5.73 Å². The van der Waals surface area contributed by atoms with E-state index in [2.05, 4.69) is 32.7 Å². The maximum Gasteiger partial charge on any atom is 0.0103 e. The SMILES string of the molecule is CC1CC(N(C)C2CCC(N)CC2)CC(C)(C)C1. The van der Waals surface area contributed by atoms with Crippen LogP contribution in [0.3, 0.4) is 0 Å². The van der Waals surface area contributed by atoms with Gasteiger partial charge in [0.25, 0.3) is 0 Å². The van der Waals surface area contributed by atoms with Crippen LogP contribution in [0.25, 0.3) is 0 Å². The maximum atomic E-state index is 6.02. The van der Waals surface area contributed by atoms with Gasteiger partial charge < -0.3 is 10.6 Å². The fourth-order valence-corrected chi connectivity index (χ4v) is 4.41. The van der Waals surface area contributed by atoms with Crippen molar-refractivity contribution in [3.63, 3.8) is 0 Å². The summed E-state index contributed by atoms with van der Waals surface area (Å²) in [5.41, 5.74) is 6.55. The molecule has 18 heavy (non-hydrogen) atoms. The molecule has 0 radical (unpaired) electrons. The van der Waals surface area contributed by atoms with Crippen LogP contribution in [0.1, 0.15) is 65.7 Å². The molecule has 0 amide bonds. The van der Waals surface area contributed by atoms with Crippen molar-refractivity contribution in [2.45, 2.75) is 83.8 Å². The Labute approximate surface area is 113 Å². The molecule has 0 aromatic rings. The molecule has 0 spiro atoms. The second-order valence-electron chi connectivity index (χ2n) is 7.80. The molecule has 2 atom stereocenters. The lowest BCUT2D eigenvalue weighted by molar-refractivity contribution is 0.0444. The Morgan fingerprint density at radius 1 is 1.00 bits per heavy atom. The zero-order valence-electron chi connectivity index (χ0n) is 12.8. The minimum atomic E-state index is 0.469. The van der Waals surface area contributed by atoms with Gasteiger partial charge in [0.05, 0.1) is 0 Å². The van der Waals surface area contributed by atoms with Crippen LogP contribution in [0.5, 0.6) is 0 Å². The standard InChI is InChI=1S/C16H32N2/c1-12-9-15(11-16(2,3)10-12)18(4)14-7-5-13(17)6-8-14/h12-15H,5-11,17H2,1-4H3. The molecule has 2 rings (SSSR count). The summed E-state index contributed by atoms with van der Waals surface area (Å²) in [6.45, 7) is 7.32. The Hall–Kier alpha value is -0.0800. The van der Waals surface area contributed by atoms with E-state index >= 15 is 0 Å². The molecule has 2 heteroatoms. The number of rotatable bonds is 2. The molecule has 0 saturated heterocycles. The van der Waals surface area contributed by atoms with E-state index < -0.39 is 0 Å². The van der Waals surface area contributed by atoms with E-state index in [-0.39, 0.29) is 0 Å². The van der Waals surface area contributed by atoms with E-state index in [1.165, 1.54) is 44.9 Å². The van der Waals surface area contributed by atoms with Crippen molar-refractivity contribution in [2.24, 2.45) is 17.1 Å². The predicted molar refractivity (Wildman–Crippen MR) is 78.6 cm³/mol. The third-order valence-corrected chi connectivity index (χ3v) is 5.26. The lowest BCUT2D eigenvalue weighted by Gasteiger charge is -2.46. The van der Waals surface area contributed by atoms with Gasteiger partial charge in [0.2, 0.25) is 0 Å². The first-order valence-electron chi connectivity index (χ1n) is 7.85. The molecule has 106 valence electrons. The smallest absolute Gasteiger partial charge is 0.0103 e. The van der Waals surface area contributed by atoms with Crippen LogP contribution in [0.2, 0.25) is 0 Å².